The van der Waals surface area contributed by atoms with Gasteiger partial charge < -0.3 is 14.5 Å². The minimum Gasteiger partial charge on any atom is -0.478 e. The second kappa shape index (κ2) is 9.46. The van der Waals surface area contributed by atoms with E-state index >= 15 is 0 Å². The Kier molecular flexibility index (Phi) is 7.60. The summed E-state index contributed by atoms with van der Waals surface area (Å²) in [6, 6.07) is 5.51. The molecule has 0 radical (unpaired) electrons. The predicted octanol–water partition coefficient (Wildman–Crippen LogP) is 5.20. The van der Waals surface area contributed by atoms with Crippen molar-refractivity contribution in [3.05, 3.63) is 39.5 Å². The van der Waals surface area contributed by atoms with Gasteiger partial charge in [0.1, 0.15) is 0 Å². The number of benzene rings is 1. The summed E-state index contributed by atoms with van der Waals surface area (Å²) in [6.45, 7) is 7.91. The minimum atomic E-state index is 0.228. The van der Waals surface area contributed by atoms with E-state index < -0.39 is 0 Å². The first-order chi connectivity index (χ1) is 11.9. The molecule has 0 spiro atoms. The van der Waals surface area contributed by atoms with Gasteiger partial charge in [0.05, 0.1) is 16.7 Å². The number of allylic oxidation sites excluding steroid dienone is 1. The average molecular weight is 384 g/mol. The number of rotatable bonds is 7. The SMILES string of the molecule is C/C(C(=N)OCCCN1CCCC1)=C(\C)N(C)c1ccc(Cl)c(Cl)c1. The maximum absolute atomic E-state index is 8.18. The van der Waals surface area contributed by atoms with Gasteiger partial charge in [-0.05, 0) is 64.4 Å². The zero-order valence-electron chi connectivity index (χ0n) is 15.2. The Balaban J connectivity index is 1.89. The Morgan fingerprint density at radius 3 is 2.52 bits per heavy atom. The third-order valence-electron chi connectivity index (χ3n) is 4.74. The Hall–Kier alpha value is -1.23. The first kappa shape index (κ1) is 20.1. The largest absolute Gasteiger partial charge is 0.478 e. The third-order valence-corrected chi connectivity index (χ3v) is 5.48. The van der Waals surface area contributed by atoms with E-state index in [1.165, 1.54) is 25.9 Å². The van der Waals surface area contributed by atoms with Crippen molar-refractivity contribution in [2.45, 2.75) is 33.1 Å². The fourth-order valence-corrected chi connectivity index (χ4v) is 3.17. The van der Waals surface area contributed by atoms with E-state index in [1.807, 2.05) is 37.9 Å². The van der Waals surface area contributed by atoms with Crippen molar-refractivity contribution in [3.8, 4) is 0 Å². The van der Waals surface area contributed by atoms with Gasteiger partial charge in [-0.3, -0.25) is 5.41 Å². The second-order valence-electron chi connectivity index (χ2n) is 6.45. The van der Waals surface area contributed by atoms with Crippen molar-refractivity contribution in [1.82, 2.24) is 4.90 Å². The number of ether oxygens (including phenoxy) is 1. The fourth-order valence-electron chi connectivity index (χ4n) is 2.88. The van der Waals surface area contributed by atoms with Gasteiger partial charge in [0.15, 0.2) is 0 Å². The molecule has 4 nitrogen and oxygen atoms in total. The molecule has 0 aliphatic carbocycles. The molecule has 0 saturated carbocycles. The maximum Gasteiger partial charge on any atom is 0.210 e. The van der Waals surface area contributed by atoms with Crippen molar-refractivity contribution in [1.29, 1.82) is 5.41 Å². The molecule has 0 aromatic heterocycles. The van der Waals surface area contributed by atoms with E-state index in [0.717, 1.165) is 29.9 Å². The summed E-state index contributed by atoms with van der Waals surface area (Å²) in [6.07, 6.45) is 3.56. The van der Waals surface area contributed by atoms with Crippen molar-refractivity contribution in [2.24, 2.45) is 0 Å². The molecule has 138 valence electrons. The predicted molar refractivity (Wildman–Crippen MR) is 107 cm³/mol. The lowest BCUT2D eigenvalue weighted by Crippen LogP contribution is -2.23. The molecule has 0 bridgehead atoms. The van der Waals surface area contributed by atoms with Crippen molar-refractivity contribution < 1.29 is 4.74 Å². The van der Waals surface area contributed by atoms with Gasteiger partial charge in [0.2, 0.25) is 5.90 Å². The summed E-state index contributed by atoms with van der Waals surface area (Å²) in [5.74, 6) is 0.228. The maximum atomic E-state index is 8.18. The highest BCUT2D eigenvalue weighted by molar-refractivity contribution is 6.42. The number of hydrogen-bond acceptors (Lipinski definition) is 4. The van der Waals surface area contributed by atoms with Crippen LogP contribution in [0, 0.1) is 5.41 Å². The van der Waals surface area contributed by atoms with Crippen LogP contribution in [0.1, 0.15) is 33.1 Å². The van der Waals surface area contributed by atoms with E-state index in [1.54, 1.807) is 6.07 Å². The molecule has 0 atom stereocenters. The number of halogens is 2. The van der Waals surface area contributed by atoms with Crippen LogP contribution in [0.2, 0.25) is 10.0 Å². The highest BCUT2D eigenvalue weighted by atomic mass is 35.5. The molecule has 1 heterocycles. The summed E-state index contributed by atoms with van der Waals surface area (Å²) in [5.41, 5.74) is 2.69. The lowest BCUT2D eigenvalue weighted by molar-refractivity contribution is 0.254. The zero-order chi connectivity index (χ0) is 18.4. The normalized spacial score (nSPS) is 15.9. The highest BCUT2D eigenvalue weighted by Crippen LogP contribution is 2.28. The second-order valence-corrected chi connectivity index (χ2v) is 7.26. The monoisotopic (exact) mass is 383 g/mol. The van der Waals surface area contributed by atoms with Crippen molar-refractivity contribution in [2.75, 3.05) is 38.2 Å². The summed E-state index contributed by atoms with van der Waals surface area (Å²) >= 11 is 12.1. The molecule has 1 fully saturated rings. The molecule has 6 heteroatoms. The van der Waals surface area contributed by atoms with Crippen LogP contribution in [0.25, 0.3) is 0 Å². The van der Waals surface area contributed by atoms with Crippen LogP contribution < -0.4 is 4.90 Å². The van der Waals surface area contributed by atoms with Gasteiger partial charge in [-0.1, -0.05) is 23.2 Å². The smallest absolute Gasteiger partial charge is 0.210 e. The lowest BCUT2D eigenvalue weighted by Gasteiger charge is -2.23. The van der Waals surface area contributed by atoms with Crippen LogP contribution in [0.4, 0.5) is 5.69 Å². The van der Waals surface area contributed by atoms with Crippen LogP contribution in [0.3, 0.4) is 0 Å². The van der Waals surface area contributed by atoms with E-state index in [2.05, 4.69) is 4.90 Å². The summed E-state index contributed by atoms with van der Waals surface area (Å²) < 4.78 is 5.64. The Morgan fingerprint density at radius 2 is 1.88 bits per heavy atom. The molecule has 1 saturated heterocycles. The lowest BCUT2D eigenvalue weighted by atomic mass is 10.2. The minimum absolute atomic E-state index is 0.228. The zero-order valence-corrected chi connectivity index (χ0v) is 16.8. The molecule has 1 aliphatic rings. The third kappa shape index (κ3) is 5.63. The van der Waals surface area contributed by atoms with Crippen molar-refractivity contribution in [3.63, 3.8) is 0 Å². The van der Waals surface area contributed by atoms with Gasteiger partial charge in [0, 0.05) is 30.5 Å². The summed E-state index contributed by atoms with van der Waals surface area (Å²) in [4.78, 5) is 4.44. The van der Waals surface area contributed by atoms with Crippen molar-refractivity contribution >= 4 is 34.8 Å². The number of anilines is 1. The molecule has 1 aliphatic heterocycles. The Morgan fingerprint density at radius 1 is 1.20 bits per heavy atom. The van der Waals surface area contributed by atoms with E-state index in [-0.39, 0.29) is 5.90 Å². The van der Waals surface area contributed by atoms with Gasteiger partial charge in [-0.2, -0.15) is 0 Å². The van der Waals surface area contributed by atoms with Gasteiger partial charge in [-0.25, -0.2) is 0 Å². The first-order valence-corrected chi connectivity index (χ1v) is 9.46. The van der Waals surface area contributed by atoms with Crippen LogP contribution in [-0.2, 0) is 4.74 Å². The molecule has 1 aromatic carbocycles. The van der Waals surface area contributed by atoms with E-state index in [9.17, 15) is 0 Å². The molecule has 1 N–H and O–H groups in total. The Bertz CT molecular complexity index is 640. The number of nitrogens with one attached hydrogen (secondary N) is 1. The van der Waals surface area contributed by atoms with Gasteiger partial charge in [0.25, 0.3) is 0 Å². The Labute approximate surface area is 160 Å². The molecular weight excluding hydrogens is 357 g/mol. The van der Waals surface area contributed by atoms with Gasteiger partial charge >= 0.3 is 0 Å². The topological polar surface area (TPSA) is 39.6 Å². The highest BCUT2D eigenvalue weighted by Gasteiger charge is 2.13. The first-order valence-electron chi connectivity index (χ1n) is 8.70. The quantitative estimate of drug-likeness (QED) is 0.399. The van der Waals surface area contributed by atoms with E-state index in [0.29, 0.717) is 16.7 Å². The molecular formula is C19H27Cl2N3O. The summed E-state index contributed by atoms with van der Waals surface area (Å²) in [7, 11) is 1.94. The number of hydrogen-bond donors (Lipinski definition) is 1. The summed E-state index contributed by atoms with van der Waals surface area (Å²) in [5, 5.41) is 9.23. The number of nitrogens with zero attached hydrogens (tertiary/aromatic N) is 2. The van der Waals surface area contributed by atoms with Gasteiger partial charge in [-0.15, -0.1) is 0 Å². The molecule has 1 aromatic rings. The molecule has 0 unspecified atom stereocenters. The average Bonchev–Trinajstić information content (AvgIpc) is 3.12. The molecule has 2 rings (SSSR count). The standard InChI is InChI=1S/C19H27Cl2N3O/c1-14(19(22)25-12-6-11-24-9-4-5-10-24)15(2)23(3)16-7-8-17(20)18(21)13-16/h7-8,13,22H,4-6,9-12H2,1-3H3/b15-14-,22-19?. The van der Waals surface area contributed by atoms with Crippen LogP contribution in [0.5, 0.6) is 0 Å². The van der Waals surface area contributed by atoms with Crippen LogP contribution in [-0.4, -0.2) is 44.1 Å². The number of likely N-dealkylation sites (tertiary alicyclic amines) is 1. The molecule has 0 amide bonds. The van der Waals surface area contributed by atoms with Crippen LogP contribution in [0.15, 0.2) is 29.5 Å². The van der Waals surface area contributed by atoms with Crippen LogP contribution >= 0.6 is 23.2 Å². The molecule has 25 heavy (non-hydrogen) atoms. The van der Waals surface area contributed by atoms with E-state index in [4.69, 9.17) is 33.3 Å². The fraction of sp³-hybridized carbons (Fsp3) is 0.526.